The van der Waals surface area contributed by atoms with Crippen LogP contribution >= 0.6 is 0 Å². The summed E-state index contributed by atoms with van der Waals surface area (Å²) in [5.74, 6) is -3.73. The van der Waals surface area contributed by atoms with Gasteiger partial charge in [0.1, 0.15) is 0 Å². The molecule has 0 saturated heterocycles. The average Bonchev–Trinajstić information content (AvgIpc) is 2.35. The minimum absolute atomic E-state index is 0.312. The average molecular weight is 361 g/mol. The summed E-state index contributed by atoms with van der Waals surface area (Å²) < 4.78 is 0. The van der Waals surface area contributed by atoms with Crippen LogP contribution in [0, 0.1) is 41.2 Å². The van der Waals surface area contributed by atoms with Crippen LogP contribution in [0.4, 0.5) is 22.7 Å². The molecular weight excluding hydrogens is 350 g/mol. The molecule has 1 aromatic carbocycles. The first-order valence-corrected chi connectivity index (χ1v) is 5.58. The number of nitrogens with two attached hydrogens (primary N) is 3. The van der Waals surface area contributed by atoms with E-state index in [-0.39, 0.29) is 11.9 Å². The second kappa shape index (κ2) is 7.71. The van der Waals surface area contributed by atoms with Crippen LogP contribution in [0.15, 0.2) is 0 Å². The fourth-order valence-electron chi connectivity index (χ4n) is 1.39. The first-order valence-electron chi connectivity index (χ1n) is 5.58. The lowest BCUT2D eigenvalue weighted by molar-refractivity contribution is -0.404. The summed E-state index contributed by atoms with van der Waals surface area (Å²) in [5.41, 5.74) is 8.97. The van der Waals surface area contributed by atoms with E-state index in [9.17, 15) is 40.6 Å². The number of hydrogen-bond acceptors (Lipinski definition) is 11. The monoisotopic (exact) mass is 361 g/mol. The summed E-state index contributed by atoms with van der Waals surface area (Å²) in [6.45, 7) is 0. The van der Waals surface area contributed by atoms with E-state index < -0.39 is 49.0 Å². The molecule has 0 fully saturated rings. The molecule has 0 amide bonds. The maximum atomic E-state index is 10.5. The fourth-order valence-corrected chi connectivity index (χ4v) is 1.39. The van der Waals surface area contributed by atoms with Gasteiger partial charge in [0.15, 0.2) is 17.6 Å². The fraction of sp³-hybridized carbons (Fsp3) is 0. The number of nitrogens with zero attached hydrogens (tertiary/aromatic N) is 3. The normalized spacial score (nSPS) is 9.28. The molecule has 25 heavy (non-hydrogen) atoms. The Morgan fingerprint density at radius 3 is 1.28 bits per heavy atom. The van der Waals surface area contributed by atoms with E-state index in [1.54, 1.807) is 0 Å². The number of hydrogen-bond donors (Lipinski definition) is 8. The first kappa shape index (κ1) is 20.6. The van der Waals surface area contributed by atoms with Gasteiger partial charge in [-0.25, -0.2) is 0 Å². The number of nitro groups is 3. The van der Waals surface area contributed by atoms with Crippen LogP contribution in [-0.4, -0.2) is 36.9 Å². The summed E-state index contributed by atoms with van der Waals surface area (Å²) >= 11 is 0. The molecule has 136 valence electrons. The van der Waals surface area contributed by atoms with Gasteiger partial charge in [0.05, 0.1) is 14.8 Å². The van der Waals surface area contributed by atoms with Crippen molar-refractivity contribution in [3.8, 4) is 11.5 Å². The maximum Gasteiger partial charge on any atom is 0.366 e. The zero-order valence-electron chi connectivity index (χ0n) is 11.9. The van der Waals surface area contributed by atoms with Crippen LogP contribution in [-0.2, 0) is 0 Å². The van der Waals surface area contributed by atoms with E-state index >= 15 is 0 Å². The largest absolute Gasteiger partial charge is 0.497 e. The van der Waals surface area contributed by atoms with Crippen molar-refractivity contribution in [1.29, 1.82) is 10.8 Å². The summed E-state index contributed by atoms with van der Waals surface area (Å²) in [4.78, 5) is 27.5. The van der Waals surface area contributed by atoms with Gasteiger partial charge in [0, 0.05) is 0 Å². The molecule has 0 aliphatic heterocycles. The third-order valence-electron chi connectivity index (χ3n) is 2.22. The second-order valence-corrected chi connectivity index (χ2v) is 3.88. The molecule has 0 aliphatic carbocycles. The van der Waals surface area contributed by atoms with E-state index in [2.05, 4.69) is 0 Å². The van der Waals surface area contributed by atoms with Crippen molar-refractivity contribution >= 4 is 34.7 Å². The molecule has 0 atom stereocenters. The van der Waals surface area contributed by atoms with Gasteiger partial charge in [-0.15, -0.1) is 0 Å². The van der Waals surface area contributed by atoms with Crippen molar-refractivity contribution in [3.05, 3.63) is 30.3 Å². The standard InChI is InChI=1S/C6H4N4O8.C2H7N5/c7-1-2(8(13)14)5(11)4(10(17)18)6(12)3(1)9(15)16;3-1(4)7-2(5)6/h11-12H,7H2;(H7,3,4,5,6,7). The van der Waals surface area contributed by atoms with Gasteiger partial charge in [-0.3, -0.25) is 46.5 Å². The Morgan fingerprint density at radius 2 is 1.12 bits per heavy atom. The van der Waals surface area contributed by atoms with Crippen LogP contribution in [0.25, 0.3) is 0 Å². The molecule has 0 bridgehead atoms. The van der Waals surface area contributed by atoms with Crippen LogP contribution < -0.4 is 22.5 Å². The number of phenols is 2. The number of benzene rings is 1. The lowest BCUT2D eigenvalue weighted by Gasteiger charge is -2.04. The molecule has 1 aromatic rings. The van der Waals surface area contributed by atoms with Gasteiger partial charge in [-0.1, -0.05) is 0 Å². The van der Waals surface area contributed by atoms with Gasteiger partial charge in [0.25, 0.3) is 11.5 Å². The molecule has 0 saturated carbocycles. The topological polar surface area (TPSA) is 308 Å². The maximum absolute atomic E-state index is 10.5. The Kier molecular flexibility index (Phi) is 6.34. The molecule has 0 spiro atoms. The molecule has 11 N–H and O–H groups in total. The number of nitro benzene ring substituents is 3. The third-order valence-corrected chi connectivity index (χ3v) is 2.22. The number of rotatable bonds is 3. The molecule has 1 rings (SSSR count). The minimum atomic E-state index is -1.55. The SMILES string of the molecule is N=C(N)NC(=N)N.Nc1c([N+](=O)[O-])c(O)c([N+](=O)[O-])c(O)c1[N+](=O)[O-]. The molecule has 0 radical (unpaired) electrons. The number of phenolic OH excluding ortho intramolecular Hbond substituents is 2. The molecule has 0 aliphatic rings. The van der Waals surface area contributed by atoms with Crippen molar-refractivity contribution in [3.63, 3.8) is 0 Å². The number of nitrogens with one attached hydrogen (secondary N) is 3. The summed E-state index contributed by atoms with van der Waals surface area (Å²) in [7, 11) is 0. The highest BCUT2D eigenvalue weighted by atomic mass is 16.6. The van der Waals surface area contributed by atoms with Gasteiger partial charge >= 0.3 is 17.1 Å². The summed E-state index contributed by atoms with van der Waals surface area (Å²) in [5, 5.41) is 65.1. The smallest absolute Gasteiger partial charge is 0.366 e. The van der Waals surface area contributed by atoms with E-state index in [1.165, 1.54) is 0 Å². The van der Waals surface area contributed by atoms with Gasteiger partial charge < -0.3 is 27.4 Å². The molecule has 17 heteroatoms. The molecular formula is C8H11N9O8. The third kappa shape index (κ3) is 4.77. The summed E-state index contributed by atoms with van der Waals surface area (Å²) in [6, 6.07) is 0. The quantitative estimate of drug-likeness (QED) is 0.103. The Hall–Kier alpha value is -4.44. The zero-order chi connectivity index (χ0) is 20.1. The second-order valence-electron chi connectivity index (χ2n) is 3.88. The number of guanidine groups is 2. The zero-order valence-corrected chi connectivity index (χ0v) is 11.9. The lowest BCUT2D eigenvalue weighted by Crippen LogP contribution is -2.39. The van der Waals surface area contributed by atoms with E-state index in [0.29, 0.717) is 0 Å². The Bertz CT molecular complexity index is 661. The van der Waals surface area contributed by atoms with Crippen molar-refractivity contribution in [2.75, 3.05) is 5.73 Å². The Morgan fingerprint density at radius 1 is 0.840 bits per heavy atom. The molecule has 17 nitrogen and oxygen atoms in total. The van der Waals surface area contributed by atoms with Crippen molar-refractivity contribution in [2.45, 2.75) is 0 Å². The molecule has 0 unspecified atom stereocenters. The van der Waals surface area contributed by atoms with Gasteiger partial charge in [-0.2, -0.15) is 0 Å². The predicted molar refractivity (Wildman–Crippen MR) is 81.1 cm³/mol. The Balaban J connectivity index is 0.000000697. The van der Waals surface area contributed by atoms with Crippen molar-refractivity contribution < 1.29 is 25.0 Å². The summed E-state index contributed by atoms with van der Waals surface area (Å²) in [6.07, 6.45) is 0. The number of aromatic hydroxyl groups is 2. The van der Waals surface area contributed by atoms with Crippen LogP contribution in [0.5, 0.6) is 11.5 Å². The first-order chi connectivity index (χ1) is 11.3. The highest BCUT2D eigenvalue weighted by Crippen LogP contribution is 2.52. The highest BCUT2D eigenvalue weighted by Gasteiger charge is 2.41. The van der Waals surface area contributed by atoms with Crippen LogP contribution in [0.3, 0.4) is 0 Å². The lowest BCUT2D eigenvalue weighted by atomic mass is 10.1. The van der Waals surface area contributed by atoms with Gasteiger partial charge in [-0.05, 0) is 0 Å². The van der Waals surface area contributed by atoms with E-state index in [0.717, 1.165) is 0 Å². The number of anilines is 1. The van der Waals surface area contributed by atoms with Crippen molar-refractivity contribution in [1.82, 2.24) is 5.32 Å². The van der Waals surface area contributed by atoms with Crippen molar-refractivity contribution in [2.24, 2.45) is 11.5 Å². The highest BCUT2D eigenvalue weighted by molar-refractivity contribution is 5.93. The van der Waals surface area contributed by atoms with Crippen LogP contribution in [0.1, 0.15) is 0 Å². The molecule has 0 aromatic heterocycles. The minimum Gasteiger partial charge on any atom is -0.497 e. The molecule has 0 heterocycles. The predicted octanol–water partition coefficient (Wildman–Crippen LogP) is -1.23. The van der Waals surface area contributed by atoms with Crippen LogP contribution in [0.2, 0.25) is 0 Å². The Labute approximate surface area is 136 Å². The van der Waals surface area contributed by atoms with Gasteiger partial charge in [0.2, 0.25) is 0 Å². The van der Waals surface area contributed by atoms with E-state index in [4.69, 9.17) is 28.0 Å². The number of nitrogen functional groups attached to an aromatic ring is 1. The van der Waals surface area contributed by atoms with E-state index in [1.807, 2.05) is 5.32 Å².